The molecule has 0 aliphatic heterocycles. The molecular formula is C10H6F9N. The zero-order valence-corrected chi connectivity index (χ0v) is 9.29. The summed E-state index contributed by atoms with van der Waals surface area (Å²) in [5.41, 5.74) is -0.568. The minimum atomic E-state index is -5.30. The van der Waals surface area contributed by atoms with Gasteiger partial charge in [-0.3, -0.25) is 0 Å². The Morgan fingerprint density at radius 3 is 1.65 bits per heavy atom. The molecule has 114 valence electrons. The van der Waals surface area contributed by atoms with Crippen molar-refractivity contribution in [2.75, 3.05) is 0 Å². The maximum Gasteiger partial charge on any atom is 0.416 e. The van der Waals surface area contributed by atoms with Crippen LogP contribution in [-0.4, -0.2) is 6.18 Å². The molecule has 0 aliphatic carbocycles. The van der Waals surface area contributed by atoms with Gasteiger partial charge in [0.1, 0.15) is 6.04 Å². The molecule has 0 spiro atoms. The third-order valence-corrected chi connectivity index (χ3v) is 2.37. The smallest absolute Gasteiger partial charge is 0.316 e. The van der Waals surface area contributed by atoms with Crippen molar-refractivity contribution in [1.29, 1.82) is 0 Å². The fourth-order valence-electron chi connectivity index (χ4n) is 1.43. The van der Waals surface area contributed by atoms with Crippen LogP contribution in [-0.2, 0) is 12.4 Å². The van der Waals surface area contributed by atoms with Crippen molar-refractivity contribution in [2.24, 2.45) is 5.73 Å². The number of hydrogen-bond acceptors (Lipinski definition) is 1. The fourth-order valence-corrected chi connectivity index (χ4v) is 1.43. The highest BCUT2D eigenvalue weighted by Crippen LogP contribution is 2.41. The van der Waals surface area contributed by atoms with Crippen molar-refractivity contribution >= 4 is 0 Å². The van der Waals surface area contributed by atoms with E-state index >= 15 is 0 Å². The van der Waals surface area contributed by atoms with Crippen LogP contribution >= 0.6 is 0 Å². The van der Waals surface area contributed by atoms with Gasteiger partial charge in [0.05, 0.1) is 11.1 Å². The van der Waals surface area contributed by atoms with Gasteiger partial charge in [0.2, 0.25) is 0 Å². The molecule has 0 aliphatic rings. The Balaban J connectivity index is 3.50. The van der Waals surface area contributed by atoms with Crippen LogP contribution in [0.25, 0.3) is 0 Å². The van der Waals surface area contributed by atoms with E-state index in [-0.39, 0.29) is 18.2 Å². The molecule has 0 saturated carbocycles. The summed E-state index contributed by atoms with van der Waals surface area (Å²) in [5, 5.41) is 0. The number of rotatable bonds is 1. The maximum absolute atomic E-state index is 12.5. The number of alkyl halides is 9. The van der Waals surface area contributed by atoms with Crippen molar-refractivity contribution in [2.45, 2.75) is 24.6 Å². The minimum Gasteiger partial charge on any atom is -0.316 e. The van der Waals surface area contributed by atoms with Gasteiger partial charge in [-0.15, -0.1) is 0 Å². The predicted octanol–water partition coefficient (Wildman–Crippen LogP) is 4.29. The lowest BCUT2D eigenvalue weighted by atomic mass is 9.97. The van der Waals surface area contributed by atoms with Gasteiger partial charge in [-0.1, -0.05) is 0 Å². The molecule has 20 heavy (non-hydrogen) atoms. The number of benzene rings is 1. The van der Waals surface area contributed by atoms with Gasteiger partial charge in [-0.25, -0.2) is 0 Å². The molecule has 0 radical (unpaired) electrons. The van der Waals surface area contributed by atoms with Crippen molar-refractivity contribution in [3.8, 4) is 0 Å². The molecule has 1 rings (SSSR count). The zero-order valence-electron chi connectivity index (χ0n) is 9.29. The first kappa shape index (κ1) is 16.6. The molecule has 0 fully saturated rings. The lowest BCUT2D eigenvalue weighted by Gasteiger charge is -2.22. The average Bonchev–Trinajstić information content (AvgIpc) is 2.23. The summed E-state index contributed by atoms with van der Waals surface area (Å²) >= 11 is 0. The summed E-state index contributed by atoms with van der Waals surface area (Å²) in [6, 6.07) is -3.42. The second-order valence-electron chi connectivity index (χ2n) is 3.82. The molecule has 10 heteroatoms. The van der Waals surface area contributed by atoms with E-state index in [1.807, 2.05) is 0 Å². The summed E-state index contributed by atoms with van der Waals surface area (Å²) in [4.78, 5) is 0. The molecule has 1 atom stereocenters. The minimum absolute atomic E-state index is 0.0510. The molecule has 0 aromatic heterocycles. The number of halogens is 9. The first-order valence-electron chi connectivity index (χ1n) is 4.85. The Morgan fingerprint density at radius 2 is 1.30 bits per heavy atom. The fraction of sp³-hybridized carbons (Fsp3) is 0.400. The highest BCUT2D eigenvalue weighted by Gasteiger charge is 2.45. The van der Waals surface area contributed by atoms with Crippen molar-refractivity contribution < 1.29 is 39.5 Å². The second kappa shape index (κ2) is 4.83. The summed E-state index contributed by atoms with van der Waals surface area (Å²) in [6.45, 7) is 0. The third kappa shape index (κ3) is 3.56. The predicted molar refractivity (Wildman–Crippen MR) is 49.4 cm³/mol. The Hall–Kier alpha value is -1.45. The van der Waals surface area contributed by atoms with Crippen LogP contribution in [0.2, 0.25) is 0 Å². The molecule has 0 heterocycles. The first-order valence-corrected chi connectivity index (χ1v) is 4.85. The number of hydrogen-bond donors (Lipinski definition) is 1. The summed E-state index contributed by atoms with van der Waals surface area (Å²) in [6.07, 6.45) is -15.6. The monoisotopic (exact) mass is 311 g/mol. The maximum atomic E-state index is 12.5. The van der Waals surface area contributed by atoms with E-state index in [0.29, 0.717) is 0 Å². The Bertz CT molecular complexity index is 483. The first-order chi connectivity index (χ1) is 8.74. The lowest BCUT2D eigenvalue weighted by molar-refractivity contribution is -0.157. The van der Waals surface area contributed by atoms with Crippen LogP contribution in [0, 0.1) is 0 Å². The highest BCUT2D eigenvalue weighted by molar-refractivity contribution is 5.38. The normalized spacial score (nSPS) is 15.3. The quantitative estimate of drug-likeness (QED) is 0.770. The van der Waals surface area contributed by atoms with Gasteiger partial charge in [-0.05, 0) is 23.8 Å². The largest absolute Gasteiger partial charge is 0.416 e. The van der Waals surface area contributed by atoms with Gasteiger partial charge in [0.15, 0.2) is 0 Å². The van der Waals surface area contributed by atoms with Crippen molar-refractivity contribution in [3.05, 3.63) is 34.9 Å². The Kier molecular flexibility index (Phi) is 4.01. The van der Waals surface area contributed by atoms with E-state index < -0.39 is 41.3 Å². The van der Waals surface area contributed by atoms with E-state index in [1.54, 1.807) is 0 Å². The number of nitrogens with two attached hydrogens (primary N) is 1. The van der Waals surface area contributed by atoms with Crippen LogP contribution in [0.4, 0.5) is 39.5 Å². The Morgan fingerprint density at radius 1 is 0.800 bits per heavy atom. The van der Waals surface area contributed by atoms with Gasteiger partial charge in [-0.2, -0.15) is 39.5 Å². The molecule has 0 saturated heterocycles. The summed E-state index contributed by atoms with van der Waals surface area (Å²) in [5.74, 6) is 0. The van der Waals surface area contributed by atoms with E-state index in [0.717, 1.165) is 0 Å². The van der Waals surface area contributed by atoms with Crippen molar-refractivity contribution in [1.82, 2.24) is 0 Å². The molecule has 0 bridgehead atoms. The van der Waals surface area contributed by atoms with E-state index in [4.69, 9.17) is 0 Å². The molecule has 1 aromatic carbocycles. The van der Waals surface area contributed by atoms with Crippen LogP contribution < -0.4 is 5.73 Å². The SMILES string of the molecule is NC(c1cc(C(F)(F)F)ccc1C(F)(F)F)C(F)(F)F. The van der Waals surface area contributed by atoms with Gasteiger partial charge >= 0.3 is 18.5 Å². The molecule has 0 amide bonds. The Labute approximate surface area is 106 Å². The van der Waals surface area contributed by atoms with E-state index in [9.17, 15) is 39.5 Å². The highest BCUT2D eigenvalue weighted by atomic mass is 19.4. The van der Waals surface area contributed by atoms with E-state index in [1.165, 1.54) is 0 Å². The van der Waals surface area contributed by atoms with Gasteiger partial charge < -0.3 is 5.73 Å². The lowest BCUT2D eigenvalue weighted by Crippen LogP contribution is -2.31. The van der Waals surface area contributed by atoms with Crippen LogP contribution in [0.15, 0.2) is 18.2 Å². The molecule has 1 aromatic rings. The molecule has 1 unspecified atom stereocenters. The van der Waals surface area contributed by atoms with Gasteiger partial charge in [0, 0.05) is 0 Å². The molecular weight excluding hydrogens is 305 g/mol. The second-order valence-corrected chi connectivity index (χ2v) is 3.82. The molecule has 2 N–H and O–H groups in total. The van der Waals surface area contributed by atoms with Crippen LogP contribution in [0.5, 0.6) is 0 Å². The zero-order chi connectivity index (χ0) is 15.9. The third-order valence-electron chi connectivity index (χ3n) is 2.37. The standard InChI is InChI=1S/C10H6F9N/c11-8(12,13)4-1-2-6(9(14,15)16)5(3-4)7(20)10(17,18)19/h1-3,7H,20H2. The summed E-state index contributed by atoms with van der Waals surface area (Å²) in [7, 11) is 0. The average molecular weight is 311 g/mol. The molecule has 1 nitrogen and oxygen atoms in total. The summed E-state index contributed by atoms with van der Waals surface area (Å²) < 4.78 is 112. The topological polar surface area (TPSA) is 26.0 Å². The van der Waals surface area contributed by atoms with Crippen molar-refractivity contribution in [3.63, 3.8) is 0 Å². The van der Waals surface area contributed by atoms with Crippen LogP contribution in [0.3, 0.4) is 0 Å². The van der Waals surface area contributed by atoms with Gasteiger partial charge in [0.25, 0.3) is 0 Å². The van der Waals surface area contributed by atoms with Crippen LogP contribution in [0.1, 0.15) is 22.7 Å². The van der Waals surface area contributed by atoms with E-state index in [2.05, 4.69) is 5.73 Å².